The highest BCUT2D eigenvalue weighted by molar-refractivity contribution is 6.30. The summed E-state index contributed by atoms with van der Waals surface area (Å²) < 4.78 is 0. The highest BCUT2D eigenvalue weighted by Crippen LogP contribution is 2.21. The molecule has 1 aromatic rings. The SMILES string of the molecule is CNCC1C(=O)NCCN1c1ccc(Cl)cc1. The van der Waals surface area contributed by atoms with Gasteiger partial charge >= 0.3 is 0 Å². The summed E-state index contributed by atoms with van der Waals surface area (Å²) in [4.78, 5) is 13.9. The highest BCUT2D eigenvalue weighted by Gasteiger charge is 2.28. The van der Waals surface area contributed by atoms with Gasteiger partial charge in [0.2, 0.25) is 5.91 Å². The number of halogens is 1. The molecule has 1 unspecified atom stereocenters. The third kappa shape index (κ3) is 2.70. The van der Waals surface area contributed by atoms with Crippen molar-refractivity contribution in [2.45, 2.75) is 6.04 Å². The predicted molar refractivity (Wildman–Crippen MR) is 69.5 cm³/mol. The van der Waals surface area contributed by atoms with Crippen LogP contribution < -0.4 is 15.5 Å². The minimum Gasteiger partial charge on any atom is -0.357 e. The molecule has 0 spiro atoms. The average molecular weight is 254 g/mol. The summed E-state index contributed by atoms with van der Waals surface area (Å²) in [5.41, 5.74) is 1.03. The van der Waals surface area contributed by atoms with Gasteiger partial charge < -0.3 is 15.5 Å². The average Bonchev–Trinajstić information content (AvgIpc) is 2.33. The number of nitrogens with one attached hydrogen (secondary N) is 2. The molecule has 1 atom stereocenters. The number of piperazine rings is 1. The van der Waals surface area contributed by atoms with Gasteiger partial charge in [0.25, 0.3) is 0 Å². The van der Waals surface area contributed by atoms with Crippen LogP contribution in [0.3, 0.4) is 0 Å². The van der Waals surface area contributed by atoms with Crippen LogP contribution in [0.5, 0.6) is 0 Å². The van der Waals surface area contributed by atoms with Gasteiger partial charge in [-0.2, -0.15) is 0 Å². The van der Waals surface area contributed by atoms with Crippen LogP contribution in [0.15, 0.2) is 24.3 Å². The zero-order chi connectivity index (χ0) is 12.3. The van der Waals surface area contributed by atoms with Crippen LogP contribution in [-0.2, 0) is 4.79 Å². The zero-order valence-electron chi connectivity index (χ0n) is 9.74. The Bertz CT molecular complexity index is 393. The van der Waals surface area contributed by atoms with Crippen molar-refractivity contribution in [1.29, 1.82) is 0 Å². The normalized spacial score (nSPS) is 20.2. The molecule has 1 aliphatic rings. The van der Waals surface area contributed by atoms with Gasteiger partial charge in [0, 0.05) is 30.3 Å². The molecule has 1 aromatic carbocycles. The molecule has 0 saturated carbocycles. The van der Waals surface area contributed by atoms with Crippen LogP contribution in [0.25, 0.3) is 0 Å². The van der Waals surface area contributed by atoms with Crippen LogP contribution in [0.2, 0.25) is 5.02 Å². The van der Waals surface area contributed by atoms with Gasteiger partial charge in [0.15, 0.2) is 0 Å². The van der Waals surface area contributed by atoms with E-state index in [1.165, 1.54) is 0 Å². The molecular formula is C12H16ClN3O. The van der Waals surface area contributed by atoms with Crippen LogP contribution >= 0.6 is 11.6 Å². The Balaban J connectivity index is 2.21. The number of likely N-dealkylation sites (N-methyl/N-ethyl adjacent to an activating group) is 1. The number of carbonyl (C=O) groups excluding carboxylic acids is 1. The van der Waals surface area contributed by atoms with Crippen LogP contribution in [-0.4, -0.2) is 38.6 Å². The lowest BCUT2D eigenvalue weighted by molar-refractivity contribution is -0.123. The molecule has 0 radical (unpaired) electrons. The third-order valence-electron chi connectivity index (χ3n) is 2.89. The van der Waals surface area contributed by atoms with Crippen molar-refractivity contribution < 1.29 is 4.79 Å². The van der Waals surface area contributed by atoms with E-state index in [-0.39, 0.29) is 11.9 Å². The first-order valence-electron chi connectivity index (χ1n) is 5.67. The molecule has 5 heteroatoms. The second-order valence-electron chi connectivity index (χ2n) is 4.03. The Morgan fingerprint density at radius 3 is 2.82 bits per heavy atom. The fraction of sp³-hybridized carbons (Fsp3) is 0.417. The first-order valence-corrected chi connectivity index (χ1v) is 6.04. The smallest absolute Gasteiger partial charge is 0.244 e. The second kappa shape index (κ2) is 5.38. The molecule has 1 fully saturated rings. The maximum atomic E-state index is 11.8. The van der Waals surface area contributed by atoms with Gasteiger partial charge in [-0.25, -0.2) is 0 Å². The molecule has 0 aliphatic carbocycles. The Morgan fingerprint density at radius 2 is 2.18 bits per heavy atom. The minimum atomic E-state index is -0.157. The van der Waals surface area contributed by atoms with Crippen molar-refractivity contribution in [2.75, 3.05) is 31.6 Å². The summed E-state index contributed by atoms with van der Waals surface area (Å²) in [6.07, 6.45) is 0. The monoisotopic (exact) mass is 253 g/mol. The number of hydrogen-bond donors (Lipinski definition) is 2. The lowest BCUT2D eigenvalue weighted by atomic mass is 10.1. The largest absolute Gasteiger partial charge is 0.357 e. The van der Waals surface area contributed by atoms with E-state index >= 15 is 0 Å². The van der Waals surface area contributed by atoms with E-state index in [0.29, 0.717) is 18.1 Å². The number of nitrogens with zero attached hydrogens (tertiary/aromatic N) is 1. The van der Waals surface area contributed by atoms with Gasteiger partial charge in [-0.15, -0.1) is 0 Å². The fourth-order valence-corrected chi connectivity index (χ4v) is 2.18. The maximum absolute atomic E-state index is 11.8. The van der Waals surface area contributed by atoms with E-state index in [0.717, 1.165) is 12.2 Å². The van der Waals surface area contributed by atoms with Gasteiger partial charge in [-0.3, -0.25) is 4.79 Å². The van der Waals surface area contributed by atoms with Gasteiger partial charge in [-0.05, 0) is 31.3 Å². The van der Waals surface area contributed by atoms with Crippen molar-refractivity contribution in [3.63, 3.8) is 0 Å². The van der Waals surface area contributed by atoms with E-state index in [1.807, 2.05) is 31.3 Å². The highest BCUT2D eigenvalue weighted by atomic mass is 35.5. The van der Waals surface area contributed by atoms with Crippen molar-refractivity contribution in [3.8, 4) is 0 Å². The Labute approximate surface area is 106 Å². The molecule has 1 saturated heterocycles. The molecule has 92 valence electrons. The summed E-state index contributed by atoms with van der Waals surface area (Å²) in [5.74, 6) is 0.0700. The fourth-order valence-electron chi connectivity index (χ4n) is 2.05. The Morgan fingerprint density at radius 1 is 1.47 bits per heavy atom. The lowest BCUT2D eigenvalue weighted by Gasteiger charge is -2.36. The van der Waals surface area contributed by atoms with Crippen LogP contribution in [0.4, 0.5) is 5.69 Å². The van der Waals surface area contributed by atoms with E-state index < -0.39 is 0 Å². The summed E-state index contributed by atoms with van der Waals surface area (Å²) in [6, 6.07) is 7.43. The quantitative estimate of drug-likeness (QED) is 0.840. The second-order valence-corrected chi connectivity index (χ2v) is 4.47. The Hall–Kier alpha value is -1.26. The third-order valence-corrected chi connectivity index (χ3v) is 3.14. The minimum absolute atomic E-state index is 0.0700. The van der Waals surface area contributed by atoms with E-state index in [2.05, 4.69) is 15.5 Å². The zero-order valence-corrected chi connectivity index (χ0v) is 10.5. The first-order chi connectivity index (χ1) is 8.22. The topological polar surface area (TPSA) is 44.4 Å². The van der Waals surface area contributed by atoms with Gasteiger partial charge in [0.05, 0.1) is 0 Å². The molecule has 4 nitrogen and oxygen atoms in total. The summed E-state index contributed by atoms with van der Waals surface area (Å²) in [5, 5.41) is 6.64. The molecule has 0 bridgehead atoms. The molecule has 1 amide bonds. The van der Waals surface area contributed by atoms with Crippen molar-refractivity contribution in [1.82, 2.24) is 10.6 Å². The summed E-state index contributed by atoms with van der Waals surface area (Å²) in [6.45, 7) is 2.13. The van der Waals surface area contributed by atoms with Crippen LogP contribution in [0.1, 0.15) is 0 Å². The van der Waals surface area contributed by atoms with Crippen LogP contribution in [0, 0.1) is 0 Å². The number of rotatable bonds is 3. The number of anilines is 1. The maximum Gasteiger partial charge on any atom is 0.244 e. The molecule has 2 N–H and O–H groups in total. The molecule has 0 aromatic heterocycles. The number of carbonyl (C=O) groups is 1. The number of amides is 1. The molecule has 2 rings (SSSR count). The van der Waals surface area contributed by atoms with E-state index in [1.54, 1.807) is 0 Å². The molecular weight excluding hydrogens is 238 g/mol. The molecule has 1 aliphatic heterocycles. The number of benzene rings is 1. The molecule has 17 heavy (non-hydrogen) atoms. The standard InChI is InChI=1S/C12H16ClN3O/c1-14-8-11-12(17)15-6-7-16(11)10-4-2-9(13)3-5-10/h2-5,11,14H,6-8H2,1H3,(H,15,17). The van der Waals surface area contributed by atoms with Gasteiger partial charge in [0.1, 0.15) is 6.04 Å². The van der Waals surface area contributed by atoms with Crippen molar-refractivity contribution >= 4 is 23.2 Å². The Kier molecular flexibility index (Phi) is 3.86. The lowest BCUT2D eigenvalue weighted by Crippen LogP contribution is -2.58. The van der Waals surface area contributed by atoms with Gasteiger partial charge in [-0.1, -0.05) is 11.6 Å². The van der Waals surface area contributed by atoms with Crippen molar-refractivity contribution in [3.05, 3.63) is 29.3 Å². The predicted octanol–water partition coefficient (Wildman–Crippen LogP) is 0.864. The summed E-state index contributed by atoms with van der Waals surface area (Å²) in [7, 11) is 1.85. The first kappa shape index (κ1) is 12.2. The number of hydrogen-bond acceptors (Lipinski definition) is 3. The molecule has 1 heterocycles. The summed E-state index contributed by atoms with van der Waals surface area (Å²) >= 11 is 5.87. The van der Waals surface area contributed by atoms with Crippen molar-refractivity contribution in [2.24, 2.45) is 0 Å². The van der Waals surface area contributed by atoms with E-state index in [9.17, 15) is 4.79 Å². The van der Waals surface area contributed by atoms with E-state index in [4.69, 9.17) is 11.6 Å².